The number of nitrogens with zero attached hydrogens (tertiary/aromatic N) is 1. The topological polar surface area (TPSA) is 325 Å². The monoisotopic (exact) mass is 1240 g/mol. The van der Waals surface area contributed by atoms with Crippen molar-refractivity contribution >= 4 is 74.1 Å². The maximum Gasteiger partial charge on any atom is 1.00 e. The van der Waals surface area contributed by atoms with Crippen molar-refractivity contribution in [1.29, 1.82) is 0 Å². The average Bonchev–Trinajstić information content (AvgIpc) is 3.34. The van der Waals surface area contributed by atoms with Gasteiger partial charge in [0.25, 0.3) is 0 Å². The fourth-order valence-corrected chi connectivity index (χ4v) is 4.85. The predicted molar refractivity (Wildman–Crippen MR) is 282 cm³/mol. The molecule has 0 atom stereocenters. The third-order valence-corrected chi connectivity index (χ3v) is 8.91. The molecule has 2 rings (SSSR count). The number of carbonyl (C=O) groups is 8. The van der Waals surface area contributed by atoms with Gasteiger partial charge in [0.2, 0.25) is 0 Å². The molecule has 0 saturated carbocycles. The molecule has 0 radical (unpaired) electrons. The summed E-state index contributed by atoms with van der Waals surface area (Å²) in [5.74, 6) is -21.8. The number of quaternary nitrogens is 1. The van der Waals surface area contributed by atoms with Gasteiger partial charge < -0.3 is 51.5 Å². The van der Waals surface area contributed by atoms with Gasteiger partial charge in [-0.05, 0) is 25.0 Å². The molecule has 468 valence electrons. The van der Waals surface area contributed by atoms with Gasteiger partial charge in [-0.15, -0.1) is 0 Å². The molecule has 0 bridgehead atoms. The van der Waals surface area contributed by atoms with Crippen molar-refractivity contribution in [1.82, 2.24) is 0 Å². The molecular formula is C52H68F6LiNO22S2. The molecule has 23 nitrogen and oxygen atoms in total. The first-order valence-electron chi connectivity index (χ1n) is 23.3. The minimum atomic E-state index is -4.61. The van der Waals surface area contributed by atoms with E-state index in [4.69, 9.17) is 0 Å². The number of hydrogen-bond acceptors (Lipinski definition) is 22. The van der Waals surface area contributed by atoms with Crippen LogP contribution >= 0.6 is 0 Å². The Kier molecular flexibility index (Phi) is 44.4. The summed E-state index contributed by atoms with van der Waals surface area (Å²) < 4.78 is 169. The second-order valence-electron chi connectivity index (χ2n) is 17.2. The van der Waals surface area contributed by atoms with Crippen LogP contribution in [-0.2, 0) is 110 Å². The molecule has 0 fully saturated rings. The van der Waals surface area contributed by atoms with Crippen molar-refractivity contribution in [2.24, 2.45) is 0 Å². The van der Waals surface area contributed by atoms with Crippen LogP contribution in [-0.4, -0.2) is 168 Å². The van der Waals surface area contributed by atoms with E-state index in [1.807, 2.05) is 0 Å². The van der Waals surface area contributed by atoms with Crippen LogP contribution in [0.25, 0.3) is 6.08 Å². The minimum absolute atomic E-state index is 0. The van der Waals surface area contributed by atoms with Crippen LogP contribution in [0.5, 0.6) is 0 Å². The molecule has 0 aliphatic rings. The normalized spacial score (nSPS) is 10.7. The fourth-order valence-electron chi connectivity index (χ4n) is 4.11. The van der Waals surface area contributed by atoms with Gasteiger partial charge in [0.15, 0.2) is 0 Å². The van der Waals surface area contributed by atoms with Crippen molar-refractivity contribution in [2.45, 2.75) is 72.0 Å². The van der Waals surface area contributed by atoms with Crippen LogP contribution < -0.4 is 18.9 Å². The Balaban J connectivity index is -0.000000300. The average molecular weight is 1240 g/mol. The number of esters is 8. The summed E-state index contributed by atoms with van der Waals surface area (Å²) in [5, 5.41) is 0. The van der Waals surface area contributed by atoms with E-state index in [9.17, 15) is 90.6 Å². The summed E-state index contributed by atoms with van der Waals surface area (Å²) in [6.07, 6.45) is 3.46. The van der Waals surface area contributed by atoms with E-state index in [1.165, 1.54) is 19.4 Å². The van der Waals surface area contributed by atoms with Gasteiger partial charge in [0, 0.05) is 50.0 Å². The fraction of sp³-hybridized carbons (Fsp3) is 0.423. The predicted octanol–water partition coefficient (Wildman–Crippen LogP) is 2.95. The second kappa shape index (κ2) is 43.5. The van der Waals surface area contributed by atoms with Crippen LogP contribution in [0, 0.1) is 0 Å². The van der Waals surface area contributed by atoms with Gasteiger partial charge in [-0.3, -0.25) is 9.59 Å². The Bertz CT molecular complexity index is 2670. The molecule has 0 saturated heterocycles. The molecule has 0 unspecified atom stereocenters. The number of rotatable bonds is 26. The second-order valence-corrected chi connectivity index (χ2v) is 20.0. The van der Waals surface area contributed by atoms with E-state index < -0.39 is 110 Å². The minimum Gasteiger partial charge on any atom is -0.748 e. The number of carbonyl (C=O) groups excluding carboxylic acids is 8. The number of halogens is 6. The first-order valence-corrected chi connectivity index (χ1v) is 26.5. The molecule has 0 spiro atoms. The van der Waals surface area contributed by atoms with E-state index in [0.717, 1.165) is 22.7 Å². The zero-order chi connectivity index (χ0) is 65.4. The largest absolute Gasteiger partial charge is 1.00 e. The first-order chi connectivity index (χ1) is 37.8. The van der Waals surface area contributed by atoms with Gasteiger partial charge in [-0.1, -0.05) is 93.6 Å². The summed E-state index contributed by atoms with van der Waals surface area (Å²) in [6.45, 7) is 20.1. The Morgan fingerprint density at radius 3 is 1.27 bits per heavy atom. The Morgan fingerprint density at radius 2 is 0.929 bits per heavy atom. The van der Waals surface area contributed by atoms with E-state index >= 15 is 0 Å². The van der Waals surface area contributed by atoms with Gasteiger partial charge >= 0.3 is 84.4 Å². The molecule has 0 aromatic heterocycles. The number of ether oxygens (including phenoxy) is 8. The summed E-state index contributed by atoms with van der Waals surface area (Å²) in [4.78, 5) is 84.7. The van der Waals surface area contributed by atoms with Gasteiger partial charge in [-0.25, -0.2) is 45.6 Å². The molecule has 2 aromatic carbocycles. The van der Waals surface area contributed by atoms with Crippen LogP contribution in [0.2, 0.25) is 0 Å². The van der Waals surface area contributed by atoms with Crippen LogP contribution in [0.1, 0.15) is 57.7 Å². The summed E-state index contributed by atoms with van der Waals surface area (Å²) in [7, 11) is -2.58. The van der Waals surface area contributed by atoms with Crippen LogP contribution in [0.4, 0.5) is 26.3 Å². The summed E-state index contributed by atoms with van der Waals surface area (Å²) in [6, 6.07) is 17.6. The van der Waals surface area contributed by atoms with Crippen molar-refractivity contribution in [3.63, 3.8) is 0 Å². The van der Waals surface area contributed by atoms with Gasteiger partial charge in [0.1, 0.15) is 71.3 Å². The molecule has 84 heavy (non-hydrogen) atoms. The van der Waals surface area contributed by atoms with E-state index in [2.05, 4.69) is 122 Å². The molecule has 0 N–H and O–H groups in total. The maximum absolute atomic E-state index is 12.2. The van der Waals surface area contributed by atoms with E-state index in [0.29, 0.717) is 32.6 Å². The third-order valence-electron chi connectivity index (χ3n) is 7.73. The standard InChI is InChI=1S/C11H12O5S.C10H16N.C9H12F2O4.C9H14O7S.C8H10F2O4.C5H6F2O2.Li/c1-2-9-3-5-10(6-4-9)7-16-11(12)8-17(13,14)15;1-11(2,3)9-10-7-5-4-6-8-10;1-6(2)7(12)14-4-5-15-8(13)9(3,10)11;1-7(2)9(11)16-5-3-4-15-8(10)6-17(12,13)14;1-3-6(11)13-4-5-14-7(12)8(2,9)10;1-3-9-4(8)5(2,6)7;/h2-6H,1,7-8H2,(H,13,14,15);4-8H,9H2,1-3H3;1,4-5H2,2-3H3;1,3-6H2,2H3,(H,12,13,14);3H,1,4-5H2,2H3;3H,1H2,2H3;/q;+1;;;;;+1/p-2. The van der Waals surface area contributed by atoms with Gasteiger partial charge in [-0.2, -0.15) is 26.3 Å². The van der Waals surface area contributed by atoms with Crippen molar-refractivity contribution in [3.8, 4) is 0 Å². The zero-order valence-electron chi connectivity index (χ0n) is 47.8. The van der Waals surface area contributed by atoms with Crippen LogP contribution in [0.3, 0.4) is 0 Å². The van der Waals surface area contributed by atoms with Gasteiger partial charge in [0.05, 0.1) is 40.6 Å². The first kappa shape index (κ1) is 85.7. The molecule has 0 heterocycles. The number of benzene rings is 2. The van der Waals surface area contributed by atoms with Crippen molar-refractivity contribution in [2.75, 3.05) is 72.3 Å². The molecule has 32 heteroatoms. The van der Waals surface area contributed by atoms with Crippen LogP contribution in [0.15, 0.2) is 111 Å². The smallest absolute Gasteiger partial charge is 0.748 e. The Morgan fingerprint density at radius 1 is 0.548 bits per heavy atom. The molecule has 0 aliphatic heterocycles. The summed E-state index contributed by atoms with van der Waals surface area (Å²) >= 11 is 0. The maximum atomic E-state index is 12.2. The SMILES string of the molecule is C=C(C)C(=O)OCCCOC(=O)CS(=O)(=O)[O-].C=C(C)C(=O)OCCOC(=O)C(C)(F)F.C=CC(=O)OCCOC(=O)C(C)(F)F.C=COC(=O)C(C)(F)F.C=Cc1ccc(COC(=O)CS(=O)(=O)[O-])cc1.C[N+](C)(C)Cc1ccccc1.[Li+]. The summed E-state index contributed by atoms with van der Waals surface area (Å²) in [5.41, 5.74) is 3.45. The third kappa shape index (κ3) is 55.4. The Hall–Kier alpha value is -7.14. The van der Waals surface area contributed by atoms with E-state index in [-0.39, 0.29) is 69.5 Å². The number of alkyl halides is 6. The molecule has 0 amide bonds. The number of hydrogen-bond donors (Lipinski definition) is 0. The molecule has 2 aromatic rings. The molecular weight excluding hydrogens is 1180 g/mol. The zero-order valence-corrected chi connectivity index (χ0v) is 49.4. The van der Waals surface area contributed by atoms with Crippen molar-refractivity contribution in [3.05, 3.63) is 128 Å². The van der Waals surface area contributed by atoms with E-state index in [1.54, 1.807) is 30.3 Å². The Labute approximate surface area is 495 Å². The molecule has 0 aliphatic carbocycles. The quantitative estimate of drug-likeness (QED) is 0.0150. The van der Waals surface area contributed by atoms with Crippen molar-refractivity contribution < 1.29 is 152 Å².